The molecule has 6 nitrogen and oxygen atoms in total. The lowest BCUT2D eigenvalue weighted by atomic mass is 10.1. The van der Waals surface area contributed by atoms with E-state index in [0.717, 1.165) is 30.7 Å². The fourth-order valence-corrected chi connectivity index (χ4v) is 2.78. The molecule has 2 N–H and O–H groups in total. The van der Waals surface area contributed by atoms with Crippen LogP contribution in [0.1, 0.15) is 23.2 Å². The lowest BCUT2D eigenvalue weighted by Gasteiger charge is -2.30. The predicted molar refractivity (Wildman–Crippen MR) is 80.6 cm³/mol. The largest absolute Gasteiger partial charge is 0.478 e. The number of hydrogen-bond acceptors (Lipinski definition) is 5. The molecule has 1 saturated heterocycles. The van der Waals surface area contributed by atoms with Gasteiger partial charge in [0.2, 0.25) is 0 Å². The van der Waals surface area contributed by atoms with E-state index in [4.69, 9.17) is 5.11 Å². The van der Waals surface area contributed by atoms with Crippen molar-refractivity contribution in [2.45, 2.75) is 18.9 Å². The van der Waals surface area contributed by atoms with E-state index in [1.165, 1.54) is 12.7 Å². The van der Waals surface area contributed by atoms with Gasteiger partial charge in [0.1, 0.15) is 12.1 Å². The zero-order valence-corrected chi connectivity index (χ0v) is 11.9. The third kappa shape index (κ3) is 2.95. The minimum absolute atomic E-state index is 0.240. The SMILES string of the molecule is CN1CCCC(Nc2ncnc3cc(C(=O)O)ccc23)C1. The van der Waals surface area contributed by atoms with E-state index in [-0.39, 0.29) is 5.56 Å². The Morgan fingerprint density at radius 3 is 3.05 bits per heavy atom. The fraction of sp³-hybridized carbons (Fsp3) is 0.400. The summed E-state index contributed by atoms with van der Waals surface area (Å²) in [6.45, 7) is 2.11. The number of likely N-dealkylation sites (tertiary alicyclic amines) is 1. The average molecular weight is 286 g/mol. The number of nitrogens with zero attached hydrogens (tertiary/aromatic N) is 3. The number of aromatic carboxylic acids is 1. The Bertz CT molecular complexity index is 674. The monoisotopic (exact) mass is 286 g/mol. The molecule has 0 radical (unpaired) electrons. The lowest BCUT2D eigenvalue weighted by molar-refractivity contribution is 0.0697. The summed E-state index contributed by atoms with van der Waals surface area (Å²) in [4.78, 5) is 21.8. The van der Waals surface area contributed by atoms with Crippen molar-refractivity contribution in [2.24, 2.45) is 0 Å². The van der Waals surface area contributed by atoms with Crippen LogP contribution in [-0.4, -0.2) is 52.1 Å². The molecular formula is C15H18N4O2. The number of benzene rings is 1. The molecule has 1 aliphatic rings. The number of nitrogens with one attached hydrogen (secondary N) is 1. The summed E-state index contributed by atoms with van der Waals surface area (Å²) < 4.78 is 0. The van der Waals surface area contributed by atoms with Crippen LogP contribution in [0.2, 0.25) is 0 Å². The van der Waals surface area contributed by atoms with Gasteiger partial charge in [-0.3, -0.25) is 0 Å². The molecule has 21 heavy (non-hydrogen) atoms. The molecule has 0 bridgehead atoms. The molecule has 0 aliphatic carbocycles. The summed E-state index contributed by atoms with van der Waals surface area (Å²) in [5, 5.41) is 13.4. The van der Waals surface area contributed by atoms with E-state index < -0.39 is 5.97 Å². The first-order chi connectivity index (χ1) is 10.1. The highest BCUT2D eigenvalue weighted by atomic mass is 16.4. The number of hydrogen-bond donors (Lipinski definition) is 2. The van der Waals surface area contributed by atoms with Gasteiger partial charge in [-0.15, -0.1) is 0 Å². The molecule has 1 aromatic heterocycles. The molecule has 110 valence electrons. The van der Waals surface area contributed by atoms with E-state index in [1.54, 1.807) is 18.2 Å². The first kappa shape index (κ1) is 13.8. The quantitative estimate of drug-likeness (QED) is 0.896. The summed E-state index contributed by atoms with van der Waals surface area (Å²) in [7, 11) is 2.12. The Hall–Kier alpha value is -2.21. The van der Waals surface area contributed by atoms with Crippen LogP contribution >= 0.6 is 0 Å². The van der Waals surface area contributed by atoms with Gasteiger partial charge in [0.25, 0.3) is 0 Å². The molecule has 6 heteroatoms. The smallest absolute Gasteiger partial charge is 0.335 e. The maximum atomic E-state index is 11.0. The number of anilines is 1. The molecular weight excluding hydrogens is 268 g/mol. The fourth-order valence-electron chi connectivity index (χ4n) is 2.78. The van der Waals surface area contributed by atoms with Crippen LogP contribution in [-0.2, 0) is 0 Å². The van der Waals surface area contributed by atoms with Gasteiger partial charge >= 0.3 is 5.97 Å². The topological polar surface area (TPSA) is 78.3 Å². The molecule has 1 fully saturated rings. The average Bonchev–Trinajstić information content (AvgIpc) is 2.47. The van der Waals surface area contributed by atoms with Gasteiger partial charge in [0.15, 0.2) is 0 Å². The normalized spacial score (nSPS) is 19.6. The first-order valence-electron chi connectivity index (χ1n) is 7.06. The van der Waals surface area contributed by atoms with Crippen molar-refractivity contribution in [3.63, 3.8) is 0 Å². The van der Waals surface area contributed by atoms with Crippen molar-refractivity contribution in [3.05, 3.63) is 30.1 Å². The van der Waals surface area contributed by atoms with Crippen LogP contribution in [0, 0.1) is 0 Å². The van der Waals surface area contributed by atoms with Crippen molar-refractivity contribution in [1.29, 1.82) is 0 Å². The second kappa shape index (κ2) is 5.65. The Kier molecular flexibility index (Phi) is 3.70. The maximum Gasteiger partial charge on any atom is 0.335 e. The number of carbonyl (C=O) groups is 1. The van der Waals surface area contributed by atoms with Crippen LogP contribution in [0.5, 0.6) is 0 Å². The van der Waals surface area contributed by atoms with Crippen molar-refractivity contribution in [1.82, 2.24) is 14.9 Å². The summed E-state index contributed by atoms with van der Waals surface area (Å²) in [5.41, 5.74) is 0.890. The van der Waals surface area contributed by atoms with E-state index in [1.807, 2.05) is 0 Å². The number of fused-ring (bicyclic) bond motifs is 1. The van der Waals surface area contributed by atoms with Crippen molar-refractivity contribution < 1.29 is 9.90 Å². The van der Waals surface area contributed by atoms with Crippen LogP contribution in [0.3, 0.4) is 0 Å². The van der Waals surface area contributed by atoms with Crippen LogP contribution in [0.4, 0.5) is 5.82 Å². The van der Waals surface area contributed by atoms with Crippen LogP contribution in [0.15, 0.2) is 24.5 Å². The van der Waals surface area contributed by atoms with E-state index in [0.29, 0.717) is 11.6 Å². The third-order valence-electron chi connectivity index (χ3n) is 3.85. The molecule has 2 aromatic rings. The van der Waals surface area contributed by atoms with E-state index in [2.05, 4.69) is 27.2 Å². The second-order valence-electron chi connectivity index (χ2n) is 5.51. The number of carboxylic acids is 1. The Morgan fingerprint density at radius 2 is 2.29 bits per heavy atom. The van der Waals surface area contributed by atoms with Gasteiger partial charge in [-0.2, -0.15) is 0 Å². The van der Waals surface area contributed by atoms with Gasteiger partial charge in [-0.25, -0.2) is 14.8 Å². The Labute approximate surface area is 122 Å². The maximum absolute atomic E-state index is 11.0. The Balaban J connectivity index is 1.90. The summed E-state index contributed by atoms with van der Waals surface area (Å²) >= 11 is 0. The van der Waals surface area contributed by atoms with Gasteiger partial charge in [0.05, 0.1) is 11.1 Å². The van der Waals surface area contributed by atoms with Gasteiger partial charge in [0, 0.05) is 18.0 Å². The molecule has 1 atom stereocenters. The first-order valence-corrected chi connectivity index (χ1v) is 7.06. The highest BCUT2D eigenvalue weighted by Crippen LogP contribution is 2.22. The molecule has 1 aromatic carbocycles. The van der Waals surface area contributed by atoms with Gasteiger partial charge in [-0.05, 0) is 44.6 Å². The highest BCUT2D eigenvalue weighted by Gasteiger charge is 2.18. The van der Waals surface area contributed by atoms with Gasteiger partial charge in [-0.1, -0.05) is 0 Å². The van der Waals surface area contributed by atoms with Crippen molar-refractivity contribution in [2.75, 3.05) is 25.5 Å². The van der Waals surface area contributed by atoms with Crippen LogP contribution < -0.4 is 5.32 Å². The lowest BCUT2D eigenvalue weighted by Crippen LogP contribution is -2.39. The highest BCUT2D eigenvalue weighted by molar-refractivity contribution is 5.96. The van der Waals surface area contributed by atoms with Gasteiger partial charge < -0.3 is 15.3 Å². The van der Waals surface area contributed by atoms with E-state index in [9.17, 15) is 4.79 Å². The molecule has 3 rings (SSSR count). The Morgan fingerprint density at radius 1 is 1.43 bits per heavy atom. The number of piperidine rings is 1. The molecule has 2 heterocycles. The second-order valence-corrected chi connectivity index (χ2v) is 5.51. The predicted octanol–water partition coefficient (Wildman–Crippen LogP) is 1.83. The molecule has 1 aliphatic heterocycles. The zero-order chi connectivity index (χ0) is 14.8. The third-order valence-corrected chi connectivity index (χ3v) is 3.85. The molecule has 1 unspecified atom stereocenters. The minimum atomic E-state index is -0.945. The molecule has 0 amide bonds. The number of rotatable bonds is 3. The van der Waals surface area contributed by atoms with Crippen LogP contribution in [0.25, 0.3) is 10.9 Å². The van der Waals surface area contributed by atoms with E-state index >= 15 is 0 Å². The minimum Gasteiger partial charge on any atom is -0.478 e. The number of likely N-dealkylation sites (N-methyl/N-ethyl adjacent to an activating group) is 1. The summed E-state index contributed by atoms with van der Waals surface area (Å²) in [6.07, 6.45) is 3.76. The number of aromatic nitrogens is 2. The molecule has 0 spiro atoms. The summed E-state index contributed by atoms with van der Waals surface area (Å²) in [6, 6.07) is 5.30. The molecule has 0 saturated carbocycles. The number of carboxylic acid groups (broad SMARTS) is 1. The zero-order valence-electron chi connectivity index (χ0n) is 11.9. The van der Waals surface area contributed by atoms with Crippen molar-refractivity contribution >= 4 is 22.7 Å². The van der Waals surface area contributed by atoms with Crippen molar-refractivity contribution in [3.8, 4) is 0 Å². The standard InChI is InChI=1S/C15H18N4O2/c1-19-6-2-3-11(8-19)18-14-12-5-4-10(15(20)21)7-13(12)16-9-17-14/h4-5,7,9,11H,2-3,6,8H2,1H3,(H,20,21)(H,16,17,18). The summed E-state index contributed by atoms with van der Waals surface area (Å²) in [5.74, 6) is -0.170.